The number of halogens is 3. The number of nitrogens with zero attached hydrogens (tertiary/aromatic N) is 1. The smallest absolute Gasteiger partial charge is 0.244 e. The van der Waals surface area contributed by atoms with E-state index in [0.717, 1.165) is 0 Å². The van der Waals surface area contributed by atoms with Gasteiger partial charge in [-0.05, 0) is 24.6 Å². The van der Waals surface area contributed by atoms with Gasteiger partial charge in [0.05, 0.1) is 18.2 Å². The van der Waals surface area contributed by atoms with Gasteiger partial charge >= 0.3 is 0 Å². The predicted octanol–water partition coefficient (Wildman–Crippen LogP) is 3.14. The van der Waals surface area contributed by atoms with Gasteiger partial charge in [0.15, 0.2) is 0 Å². The molecule has 0 N–H and O–H groups in total. The molecule has 1 aromatic carbocycles. The first-order chi connectivity index (χ1) is 9.37. The number of sulfonamides is 1. The summed E-state index contributed by atoms with van der Waals surface area (Å²) >= 11 is 17.8. The molecule has 2 rings (SSSR count). The van der Waals surface area contributed by atoms with E-state index in [9.17, 15) is 8.42 Å². The predicted molar refractivity (Wildman–Crippen MR) is 80.2 cm³/mol. The molecule has 8 heteroatoms. The first-order valence-electron chi connectivity index (χ1n) is 6.01. The zero-order chi connectivity index (χ0) is 14.9. The summed E-state index contributed by atoms with van der Waals surface area (Å²) in [6, 6.07) is 2.62. The van der Waals surface area contributed by atoms with Crippen LogP contribution in [0, 0.1) is 0 Å². The molecule has 1 aliphatic rings. The Bertz CT molecular complexity index is 606. The Morgan fingerprint density at radius 1 is 1.35 bits per heavy atom. The molecule has 1 fully saturated rings. The summed E-state index contributed by atoms with van der Waals surface area (Å²) in [4.78, 5) is 0.0352. The minimum absolute atomic E-state index is 0.0352. The molecule has 4 nitrogen and oxygen atoms in total. The summed E-state index contributed by atoms with van der Waals surface area (Å²) in [6.07, 6.45) is 0. The van der Waals surface area contributed by atoms with Crippen molar-refractivity contribution in [1.29, 1.82) is 0 Å². The number of rotatable bonds is 3. The Hall–Kier alpha value is -0.0400. The molecule has 1 heterocycles. The number of hydrogen-bond acceptors (Lipinski definition) is 3. The van der Waals surface area contributed by atoms with Crippen LogP contribution in [0.5, 0.6) is 0 Å². The molecule has 1 unspecified atom stereocenters. The molecule has 112 valence electrons. The number of benzene rings is 1. The fraction of sp³-hybridized carbons (Fsp3) is 0.500. The first kappa shape index (κ1) is 16.3. The lowest BCUT2D eigenvalue weighted by Gasteiger charge is -2.32. The van der Waals surface area contributed by atoms with Crippen LogP contribution in [0.25, 0.3) is 0 Å². The van der Waals surface area contributed by atoms with Gasteiger partial charge in [-0.15, -0.1) is 11.6 Å². The molecule has 20 heavy (non-hydrogen) atoms. The second kappa shape index (κ2) is 6.38. The largest absolute Gasteiger partial charge is 0.378 e. The van der Waals surface area contributed by atoms with Crippen molar-refractivity contribution in [2.24, 2.45) is 0 Å². The van der Waals surface area contributed by atoms with Crippen molar-refractivity contribution in [3.05, 3.63) is 27.7 Å². The van der Waals surface area contributed by atoms with Gasteiger partial charge in [-0.25, -0.2) is 8.42 Å². The third kappa shape index (κ3) is 3.08. The van der Waals surface area contributed by atoms with E-state index >= 15 is 0 Å². The van der Waals surface area contributed by atoms with Crippen LogP contribution in [0.2, 0.25) is 10.0 Å². The van der Waals surface area contributed by atoms with Gasteiger partial charge in [0, 0.05) is 23.5 Å². The third-order valence-electron chi connectivity index (χ3n) is 3.14. The summed E-state index contributed by atoms with van der Waals surface area (Å²) in [5.74, 6) is 0.122. The van der Waals surface area contributed by atoms with Crippen molar-refractivity contribution < 1.29 is 13.2 Å². The van der Waals surface area contributed by atoms with Crippen LogP contribution < -0.4 is 0 Å². The summed E-state index contributed by atoms with van der Waals surface area (Å²) < 4.78 is 32.0. The van der Waals surface area contributed by atoms with Crippen molar-refractivity contribution in [2.45, 2.75) is 23.7 Å². The summed E-state index contributed by atoms with van der Waals surface area (Å²) in [5.41, 5.74) is 0.539. The Labute approximate surface area is 133 Å². The van der Waals surface area contributed by atoms with Crippen LogP contribution in [0.15, 0.2) is 17.0 Å². The van der Waals surface area contributed by atoms with Crippen molar-refractivity contribution >= 4 is 44.8 Å². The van der Waals surface area contributed by atoms with Crippen molar-refractivity contribution in [3.8, 4) is 0 Å². The van der Waals surface area contributed by atoms with Gasteiger partial charge in [-0.1, -0.05) is 23.2 Å². The van der Waals surface area contributed by atoms with E-state index in [2.05, 4.69) is 0 Å². The van der Waals surface area contributed by atoms with Gasteiger partial charge in [-0.2, -0.15) is 4.31 Å². The van der Waals surface area contributed by atoms with Gasteiger partial charge in [0.1, 0.15) is 4.90 Å². The van der Waals surface area contributed by atoms with Crippen LogP contribution in [0.3, 0.4) is 0 Å². The second-order valence-electron chi connectivity index (χ2n) is 4.55. The normalized spacial score (nSPS) is 21.1. The van der Waals surface area contributed by atoms with E-state index < -0.39 is 10.0 Å². The molecule has 0 aliphatic carbocycles. The van der Waals surface area contributed by atoms with Crippen LogP contribution in [-0.4, -0.2) is 38.5 Å². The molecule has 0 bridgehead atoms. The highest BCUT2D eigenvalue weighted by molar-refractivity contribution is 7.89. The Morgan fingerprint density at radius 3 is 2.65 bits per heavy atom. The fourth-order valence-electron chi connectivity index (χ4n) is 2.07. The van der Waals surface area contributed by atoms with Crippen molar-refractivity contribution in [2.75, 3.05) is 19.8 Å². The summed E-state index contributed by atoms with van der Waals surface area (Å²) in [5, 5.41) is 0.460. The summed E-state index contributed by atoms with van der Waals surface area (Å²) in [7, 11) is -3.69. The van der Waals surface area contributed by atoms with Crippen molar-refractivity contribution in [1.82, 2.24) is 4.31 Å². The van der Waals surface area contributed by atoms with E-state index in [1.165, 1.54) is 16.4 Å². The van der Waals surface area contributed by atoms with E-state index in [1.54, 1.807) is 6.92 Å². The zero-order valence-electron chi connectivity index (χ0n) is 10.8. The Kier molecular flexibility index (Phi) is 5.21. The molecule has 0 saturated carbocycles. The third-order valence-corrected chi connectivity index (χ3v) is 6.26. The Morgan fingerprint density at radius 2 is 2.05 bits per heavy atom. The average Bonchev–Trinajstić information content (AvgIpc) is 2.38. The first-order valence-corrected chi connectivity index (χ1v) is 8.74. The molecule has 0 spiro atoms. The SMILES string of the molecule is CC1COCCN1S(=O)(=O)c1cc(CCl)c(Cl)cc1Cl. The molecule has 1 atom stereocenters. The number of hydrogen-bond donors (Lipinski definition) is 0. The standard InChI is InChI=1S/C12H14Cl3NO3S/c1-8-7-19-3-2-16(8)20(17,18)12-4-9(6-13)10(14)5-11(12)15/h4-5,8H,2-3,6-7H2,1H3. The van der Waals surface area contributed by atoms with Gasteiger partial charge in [0.25, 0.3) is 0 Å². The lowest BCUT2D eigenvalue weighted by atomic mass is 10.2. The molecule has 1 aromatic rings. The topological polar surface area (TPSA) is 46.6 Å². The zero-order valence-corrected chi connectivity index (χ0v) is 13.9. The second-order valence-corrected chi connectivity index (χ2v) is 7.49. The van der Waals surface area contributed by atoms with Gasteiger partial charge < -0.3 is 4.74 Å². The number of morpholine rings is 1. The highest BCUT2D eigenvalue weighted by Gasteiger charge is 2.33. The molecule has 0 amide bonds. The maximum atomic E-state index is 12.7. The van der Waals surface area contributed by atoms with E-state index in [0.29, 0.717) is 30.3 Å². The van der Waals surface area contributed by atoms with Gasteiger partial charge in [0.2, 0.25) is 10.0 Å². The molecular formula is C12H14Cl3NO3S. The lowest BCUT2D eigenvalue weighted by molar-refractivity contribution is 0.0393. The fourth-order valence-corrected chi connectivity index (χ4v) is 4.80. The van der Waals surface area contributed by atoms with E-state index in [4.69, 9.17) is 39.5 Å². The average molecular weight is 359 g/mol. The monoisotopic (exact) mass is 357 g/mol. The highest BCUT2D eigenvalue weighted by atomic mass is 35.5. The lowest BCUT2D eigenvalue weighted by Crippen LogP contribution is -2.47. The minimum Gasteiger partial charge on any atom is -0.378 e. The minimum atomic E-state index is -3.69. The van der Waals surface area contributed by atoms with Crippen LogP contribution >= 0.6 is 34.8 Å². The van der Waals surface area contributed by atoms with E-state index in [1.807, 2.05) is 0 Å². The maximum Gasteiger partial charge on any atom is 0.244 e. The number of ether oxygens (including phenoxy) is 1. The van der Waals surface area contributed by atoms with E-state index in [-0.39, 0.29) is 21.8 Å². The Balaban J connectivity index is 2.48. The molecular weight excluding hydrogens is 345 g/mol. The quantitative estimate of drug-likeness (QED) is 0.780. The van der Waals surface area contributed by atoms with Crippen LogP contribution in [0.1, 0.15) is 12.5 Å². The molecule has 0 aromatic heterocycles. The van der Waals surface area contributed by atoms with Crippen molar-refractivity contribution in [3.63, 3.8) is 0 Å². The molecule has 1 aliphatic heterocycles. The number of alkyl halides is 1. The molecule has 1 saturated heterocycles. The van der Waals surface area contributed by atoms with Crippen LogP contribution in [0.4, 0.5) is 0 Å². The summed E-state index contributed by atoms with van der Waals surface area (Å²) in [6.45, 7) is 2.84. The van der Waals surface area contributed by atoms with Crippen LogP contribution in [-0.2, 0) is 20.6 Å². The molecule has 0 radical (unpaired) electrons. The van der Waals surface area contributed by atoms with Gasteiger partial charge in [-0.3, -0.25) is 0 Å². The maximum absolute atomic E-state index is 12.7. The highest BCUT2D eigenvalue weighted by Crippen LogP contribution is 2.32.